The molecule has 0 aliphatic carbocycles. The summed E-state index contributed by atoms with van der Waals surface area (Å²) in [5, 5.41) is 13.7. The molecule has 32 heavy (non-hydrogen) atoms. The highest BCUT2D eigenvalue weighted by molar-refractivity contribution is 7.99. The third-order valence-corrected chi connectivity index (χ3v) is 6.23. The van der Waals surface area contributed by atoms with Crippen LogP contribution in [0.2, 0.25) is 0 Å². The van der Waals surface area contributed by atoms with Crippen LogP contribution in [0.25, 0.3) is 0 Å². The second-order valence-corrected chi connectivity index (χ2v) is 8.91. The van der Waals surface area contributed by atoms with Gasteiger partial charge in [0.1, 0.15) is 6.04 Å². The van der Waals surface area contributed by atoms with Gasteiger partial charge in [0.15, 0.2) is 0 Å². The fourth-order valence-corrected chi connectivity index (χ4v) is 3.98. The van der Waals surface area contributed by atoms with E-state index in [4.69, 9.17) is 0 Å². The van der Waals surface area contributed by atoms with Crippen LogP contribution in [0.3, 0.4) is 0 Å². The van der Waals surface area contributed by atoms with E-state index in [1.165, 1.54) is 23.9 Å². The number of nitro benzene ring substituents is 1. The van der Waals surface area contributed by atoms with E-state index in [1.807, 2.05) is 45.0 Å². The molecule has 0 bridgehead atoms. The molecule has 2 aromatic rings. The number of benzene rings is 2. The molecule has 0 spiro atoms. The summed E-state index contributed by atoms with van der Waals surface area (Å²) in [5.41, 5.74) is 3.02. The highest BCUT2D eigenvalue weighted by Gasteiger charge is 2.26. The van der Waals surface area contributed by atoms with E-state index >= 15 is 0 Å². The molecule has 0 aromatic heterocycles. The van der Waals surface area contributed by atoms with Crippen molar-refractivity contribution >= 4 is 29.3 Å². The van der Waals surface area contributed by atoms with Gasteiger partial charge in [0, 0.05) is 30.5 Å². The number of hydrogen-bond donors (Lipinski definition) is 1. The number of nitrogens with one attached hydrogen (secondary N) is 1. The molecular weight excluding hydrogens is 426 g/mol. The number of nitrogens with zero attached hydrogens (tertiary/aromatic N) is 2. The molecule has 7 nitrogen and oxygen atoms in total. The van der Waals surface area contributed by atoms with Crippen LogP contribution in [-0.4, -0.2) is 39.5 Å². The number of hydrogen-bond acceptors (Lipinski definition) is 5. The first kappa shape index (κ1) is 25.4. The molecule has 0 saturated carbocycles. The van der Waals surface area contributed by atoms with E-state index in [9.17, 15) is 19.7 Å². The summed E-state index contributed by atoms with van der Waals surface area (Å²) in [6.07, 6.45) is 0.815. The molecule has 0 heterocycles. The van der Waals surface area contributed by atoms with Gasteiger partial charge >= 0.3 is 0 Å². The van der Waals surface area contributed by atoms with Crippen molar-refractivity contribution in [3.8, 4) is 0 Å². The summed E-state index contributed by atoms with van der Waals surface area (Å²) < 4.78 is 0. The van der Waals surface area contributed by atoms with Gasteiger partial charge in [-0.15, -0.1) is 11.8 Å². The number of aryl methyl sites for hydroxylation is 1. The number of carbonyl (C=O) groups is 2. The number of thioether (sulfide) groups is 1. The third-order valence-electron chi connectivity index (χ3n) is 5.25. The zero-order valence-corrected chi connectivity index (χ0v) is 19.9. The fourth-order valence-electron chi connectivity index (χ4n) is 3.11. The quantitative estimate of drug-likeness (QED) is 0.397. The SMILES string of the molecule is CC[C@H](C)NC(=O)[C@H](C)N(Cc1cccc(C)c1)C(=O)CSCc1ccc([N+](=O)[O-])cc1. The normalized spacial score (nSPS) is 12.6. The smallest absolute Gasteiger partial charge is 0.269 e. The predicted octanol–water partition coefficient (Wildman–Crippen LogP) is 4.47. The Morgan fingerprint density at radius 3 is 2.41 bits per heavy atom. The molecular formula is C24H31N3O4S. The Labute approximate surface area is 193 Å². The molecule has 0 saturated heterocycles. The van der Waals surface area contributed by atoms with Crippen molar-refractivity contribution in [1.29, 1.82) is 0 Å². The van der Waals surface area contributed by atoms with Crippen LogP contribution in [0.5, 0.6) is 0 Å². The molecule has 2 atom stereocenters. The predicted molar refractivity (Wildman–Crippen MR) is 128 cm³/mol. The van der Waals surface area contributed by atoms with Gasteiger partial charge in [-0.1, -0.05) is 48.9 Å². The lowest BCUT2D eigenvalue weighted by Crippen LogP contribution is -2.50. The maximum Gasteiger partial charge on any atom is 0.269 e. The molecule has 0 unspecified atom stereocenters. The van der Waals surface area contributed by atoms with Gasteiger partial charge in [0.2, 0.25) is 11.8 Å². The summed E-state index contributed by atoms with van der Waals surface area (Å²) in [6.45, 7) is 8.05. The van der Waals surface area contributed by atoms with Crippen LogP contribution in [0, 0.1) is 17.0 Å². The van der Waals surface area contributed by atoms with Crippen molar-refractivity contribution in [3.05, 3.63) is 75.3 Å². The Balaban J connectivity index is 2.06. The van der Waals surface area contributed by atoms with Crippen molar-refractivity contribution in [2.75, 3.05) is 5.75 Å². The van der Waals surface area contributed by atoms with Crippen molar-refractivity contribution in [3.63, 3.8) is 0 Å². The second-order valence-electron chi connectivity index (χ2n) is 7.92. The summed E-state index contributed by atoms with van der Waals surface area (Å²) in [6, 6.07) is 13.7. The minimum absolute atomic E-state index is 0.0392. The highest BCUT2D eigenvalue weighted by Crippen LogP contribution is 2.19. The Morgan fingerprint density at radius 2 is 1.81 bits per heavy atom. The van der Waals surface area contributed by atoms with E-state index in [2.05, 4.69) is 5.32 Å². The van der Waals surface area contributed by atoms with E-state index in [0.717, 1.165) is 23.1 Å². The molecule has 2 amide bonds. The van der Waals surface area contributed by atoms with Crippen molar-refractivity contribution in [2.24, 2.45) is 0 Å². The zero-order chi connectivity index (χ0) is 23.7. The number of amides is 2. The Kier molecular flexibility index (Phi) is 9.71. The molecule has 8 heteroatoms. The molecule has 172 valence electrons. The van der Waals surface area contributed by atoms with Crippen molar-refractivity contribution in [1.82, 2.24) is 10.2 Å². The Bertz CT molecular complexity index is 933. The first-order valence-electron chi connectivity index (χ1n) is 10.7. The van der Waals surface area contributed by atoms with Crippen LogP contribution < -0.4 is 5.32 Å². The van der Waals surface area contributed by atoms with Crippen LogP contribution in [0.15, 0.2) is 48.5 Å². The monoisotopic (exact) mass is 457 g/mol. The lowest BCUT2D eigenvalue weighted by Gasteiger charge is -2.29. The second kappa shape index (κ2) is 12.2. The summed E-state index contributed by atoms with van der Waals surface area (Å²) >= 11 is 1.43. The highest BCUT2D eigenvalue weighted by atomic mass is 32.2. The van der Waals surface area contributed by atoms with Gasteiger partial charge in [-0.2, -0.15) is 0 Å². The number of nitro groups is 1. The van der Waals surface area contributed by atoms with Gasteiger partial charge in [-0.05, 0) is 38.3 Å². The van der Waals surface area contributed by atoms with Crippen molar-refractivity contribution in [2.45, 2.75) is 58.5 Å². The van der Waals surface area contributed by atoms with Gasteiger partial charge in [-0.25, -0.2) is 0 Å². The molecule has 0 fully saturated rings. The summed E-state index contributed by atoms with van der Waals surface area (Å²) in [5.74, 6) is 0.477. The maximum atomic E-state index is 13.1. The van der Waals surface area contributed by atoms with E-state index < -0.39 is 11.0 Å². The molecule has 0 aliphatic heterocycles. The van der Waals surface area contributed by atoms with Gasteiger partial charge < -0.3 is 10.2 Å². The minimum atomic E-state index is -0.600. The van der Waals surface area contributed by atoms with E-state index in [-0.39, 0.29) is 29.3 Å². The first-order valence-corrected chi connectivity index (χ1v) is 11.8. The first-order chi connectivity index (χ1) is 15.2. The van der Waals surface area contributed by atoms with Gasteiger partial charge in [0.05, 0.1) is 10.7 Å². The van der Waals surface area contributed by atoms with Crippen LogP contribution >= 0.6 is 11.8 Å². The standard InChI is InChI=1S/C24H31N3O4S/c1-5-18(3)25-24(29)19(4)26(14-21-8-6-7-17(2)13-21)23(28)16-32-15-20-9-11-22(12-10-20)27(30)31/h6-13,18-19H,5,14-16H2,1-4H3,(H,25,29)/t18-,19-/m0/s1. The molecule has 0 aliphatic rings. The summed E-state index contributed by atoms with van der Waals surface area (Å²) in [7, 11) is 0. The number of carbonyl (C=O) groups excluding carboxylic acids is 2. The maximum absolute atomic E-state index is 13.1. The lowest BCUT2D eigenvalue weighted by molar-refractivity contribution is -0.384. The zero-order valence-electron chi connectivity index (χ0n) is 19.0. The Hall–Kier alpha value is -2.87. The average Bonchev–Trinajstić information content (AvgIpc) is 2.77. The van der Waals surface area contributed by atoms with E-state index in [0.29, 0.717) is 12.3 Å². The molecule has 1 N–H and O–H groups in total. The van der Waals surface area contributed by atoms with Crippen LogP contribution in [0.4, 0.5) is 5.69 Å². The molecule has 2 rings (SSSR count). The molecule has 2 aromatic carbocycles. The summed E-state index contributed by atoms with van der Waals surface area (Å²) in [4.78, 5) is 37.8. The number of rotatable bonds is 11. The lowest BCUT2D eigenvalue weighted by atomic mass is 10.1. The minimum Gasteiger partial charge on any atom is -0.352 e. The van der Waals surface area contributed by atoms with Gasteiger partial charge in [0.25, 0.3) is 5.69 Å². The Morgan fingerprint density at radius 1 is 1.12 bits per heavy atom. The molecule has 0 radical (unpaired) electrons. The topological polar surface area (TPSA) is 92.6 Å². The van der Waals surface area contributed by atoms with E-state index in [1.54, 1.807) is 24.0 Å². The van der Waals surface area contributed by atoms with Crippen molar-refractivity contribution < 1.29 is 14.5 Å². The largest absolute Gasteiger partial charge is 0.352 e. The van der Waals surface area contributed by atoms with Crippen LogP contribution in [0.1, 0.15) is 43.9 Å². The average molecular weight is 458 g/mol. The number of non-ortho nitro benzene ring substituents is 1. The third kappa shape index (κ3) is 7.67. The van der Waals surface area contributed by atoms with Crippen LogP contribution in [-0.2, 0) is 21.9 Å². The van der Waals surface area contributed by atoms with Gasteiger partial charge in [-0.3, -0.25) is 19.7 Å². The fraction of sp³-hybridized carbons (Fsp3) is 0.417.